The number of benzene rings is 1. The van der Waals surface area contributed by atoms with Crippen LogP contribution in [0.5, 0.6) is 5.75 Å². The minimum absolute atomic E-state index is 0.202. The predicted molar refractivity (Wildman–Crippen MR) is 68.3 cm³/mol. The zero-order valence-electron chi connectivity index (χ0n) is 10.5. The van der Waals surface area contributed by atoms with Crippen LogP contribution in [-0.4, -0.2) is 24.1 Å². The number of aromatic nitrogens is 2. The highest BCUT2D eigenvalue weighted by atomic mass is 19.1. The largest absolute Gasteiger partial charge is 0.497 e. The number of hydrogen-bond acceptors (Lipinski definition) is 4. The lowest BCUT2D eigenvalue weighted by molar-refractivity contribution is 0.415. The molecular weight excluding hydrogens is 233 g/mol. The fourth-order valence-electron chi connectivity index (χ4n) is 1.59. The third kappa shape index (κ3) is 2.25. The van der Waals surface area contributed by atoms with Gasteiger partial charge >= 0.3 is 0 Å². The third-order valence-electron chi connectivity index (χ3n) is 2.60. The number of halogens is 1. The Morgan fingerprint density at radius 2 is 1.83 bits per heavy atom. The number of nitrogens with one attached hydrogen (secondary N) is 1. The summed E-state index contributed by atoms with van der Waals surface area (Å²) in [6, 6.07) is 7.31. The van der Waals surface area contributed by atoms with E-state index in [2.05, 4.69) is 15.3 Å². The van der Waals surface area contributed by atoms with E-state index in [-0.39, 0.29) is 5.82 Å². The van der Waals surface area contributed by atoms with E-state index in [4.69, 9.17) is 4.74 Å². The molecule has 0 saturated carbocycles. The number of rotatable bonds is 3. The van der Waals surface area contributed by atoms with E-state index in [9.17, 15) is 4.39 Å². The van der Waals surface area contributed by atoms with E-state index >= 15 is 0 Å². The summed E-state index contributed by atoms with van der Waals surface area (Å²) in [6.45, 7) is 1.62. The number of aryl methyl sites for hydroxylation is 1. The van der Waals surface area contributed by atoms with Crippen LogP contribution >= 0.6 is 0 Å². The fourth-order valence-corrected chi connectivity index (χ4v) is 1.59. The maximum atomic E-state index is 13.6. The van der Waals surface area contributed by atoms with Crippen molar-refractivity contribution in [2.24, 2.45) is 0 Å². The van der Waals surface area contributed by atoms with Gasteiger partial charge in [-0.25, -0.2) is 14.4 Å². The zero-order chi connectivity index (χ0) is 13.1. The van der Waals surface area contributed by atoms with Gasteiger partial charge < -0.3 is 10.1 Å². The summed E-state index contributed by atoms with van der Waals surface area (Å²) >= 11 is 0. The lowest BCUT2D eigenvalue weighted by Crippen LogP contribution is -2.03. The van der Waals surface area contributed by atoms with Crippen LogP contribution in [0.2, 0.25) is 0 Å². The predicted octanol–water partition coefficient (Wildman–Crippen LogP) is 2.64. The Morgan fingerprint density at radius 1 is 1.17 bits per heavy atom. The lowest BCUT2D eigenvalue weighted by atomic mass is 10.2. The van der Waals surface area contributed by atoms with Crippen molar-refractivity contribution < 1.29 is 9.13 Å². The molecule has 0 atom stereocenters. The van der Waals surface area contributed by atoms with Crippen LogP contribution in [0, 0.1) is 12.7 Å². The molecule has 0 aliphatic rings. The van der Waals surface area contributed by atoms with Crippen LogP contribution in [0.4, 0.5) is 10.2 Å². The normalized spacial score (nSPS) is 10.2. The Labute approximate surface area is 105 Å². The van der Waals surface area contributed by atoms with E-state index in [1.165, 1.54) is 0 Å². The molecule has 1 aromatic carbocycles. The van der Waals surface area contributed by atoms with E-state index in [0.29, 0.717) is 11.5 Å². The molecular formula is C13H14FN3O. The molecule has 2 aromatic rings. The molecule has 5 heteroatoms. The van der Waals surface area contributed by atoms with E-state index in [0.717, 1.165) is 11.3 Å². The minimum atomic E-state index is -0.422. The Kier molecular flexibility index (Phi) is 3.41. The average Bonchev–Trinajstić information content (AvgIpc) is 2.42. The number of anilines is 1. The molecule has 0 fully saturated rings. The highest BCUT2D eigenvalue weighted by molar-refractivity contribution is 5.58. The molecule has 0 amide bonds. The topological polar surface area (TPSA) is 47.0 Å². The van der Waals surface area contributed by atoms with Crippen molar-refractivity contribution in [3.8, 4) is 17.1 Å². The van der Waals surface area contributed by atoms with Crippen LogP contribution in [0.1, 0.15) is 5.69 Å². The highest BCUT2D eigenvalue weighted by Gasteiger charge is 2.11. The number of methoxy groups -OCH3 is 1. The van der Waals surface area contributed by atoms with E-state index < -0.39 is 5.82 Å². The molecule has 0 bridgehead atoms. The van der Waals surface area contributed by atoms with Crippen molar-refractivity contribution in [2.75, 3.05) is 19.5 Å². The average molecular weight is 247 g/mol. The van der Waals surface area contributed by atoms with Gasteiger partial charge in [-0.05, 0) is 31.2 Å². The maximum absolute atomic E-state index is 13.6. The second kappa shape index (κ2) is 5.00. The Balaban J connectivity index is 2.46. The summed E-state index contributed by atoms with van der Waals surface area (Å²) in [4.78, 5) is 8.28. The van der Waals surface area contributed by atoms with Crippen LogP contribution < -0.4 is 10.1 Å². The monoisotopic (exact) mass is 247 g/mol. The van der Waals surface area contributed by atoms with Gasteiger partial charge in [-0.1, -0.05) is 0 Å². The molecule has 0 spiro atoms. The van der Waals surface area contributed by atoms with Crippen molar-refractivity contribution in [3.63, 3.8) is 0 Å². The summed E-state index contributed by atoms with van der Waals surface area (Å²) in [5, 5.41) is 2.72. The Hall–Kier alpha value is -2.17. The number of nitrogens with zero attached hydrogens (tertiary/aromatic N) is 2. The summed E-state index contributed by atoms with van der Waals surface area (Å²) < 4.78 is 18.7. The van der Waals surface area contributed by atoms with Gasteiger partial charge in [-0.2, -0.15) is 0 Å². The van der Waals surface area contributed by atoms with Crippen LogP contribution in [0.3, 0.4) is 0 Å². The van der Waals surface area contributed by atoms with Crippen molar-refractivity contribution in [3.05, 3.63) is 35.8 Å². The molecule has 0 aliphatic carbocycles. The standard InChI is InChI=1S/C13H14FN3O/c1-8-11(14)13(15-2)17-12(16-8)9-4-6-10(18-3)7-5-9/h4-7H,1-3H3,(H,15,16,17). The molecule has 1 heterocycles. The molecule has 4 nitrogen and oxygen atoms in total. The molecule has 94 valence electrons. The molecule has 1 N–H and O–H groups in total. The summed E-state index contributed by atoms with van der Waals surface area (Å²) in [5.41, 5.74) is 1.13. The van der Waals surface area contributed by atoms with Gasteiger partial charge in [0.2, 0.25) is 0 Å². The Morgan fingerprint density at radius 3 is 2.39 bits per heavy atom. The van der Waals surface area contributed by atoms with Crippen LogP contribution in [0.25, 0.3) is 11.4 Å². The first-order chi connectivity index (χ1) is 8.65. The quantitative estimate of drug-likeness (QED) is 0.905. The van der Waals surface area contributed by atoms with Crippen molar-refractivity contribution in [1.29, 1.82) is 0 Å². The minimum Gasteiger partial charge on any atom is -0.497 e. The molecule has 2 rings (SSSR count). The molecule has 0 unspecified atom stereocenters. The van der Waals surface area contributed by atoms with Gasteiger partial charge in [0.05, 0.1) is 12.8 Å². The van der Waals surface area contributed by atoms with Crippen molar-refractivity contribution in [2.45, 2.75) is 6.92 Å². The lowest BCUT2D eigenvalue weighted by Gasteiger charge is -2.07. The molecule has 0 radical (unpaired) electrons. The summed E-state index contributed by atoms with van der Waals surface area (Å²) in [7, 11) is 3.23. The summed E-state index contributed by atoms with van der Waals surface area (Å²) in [6.07, 6.45) is 0. The van der Waals surface area contributed by atoms with Gasteiger partial charge in [0.1, 0.15) is 5.75 Å². The number of ether oxygens (including phenoxy) is 1. The van der Waals surface area contributed by atoms with Gasteiger partial charge in [0, 0.05) is 12.6 Å². The number of hydrogen-bond donors (Lipinski definition) is 1. The van der Waals surface area contributed by atoms with Gasteiger partial charge in [-0.15, -0.1) is 0 Å². The second-order valence-electron chi connectivity index (χ2n) is 3.77. The van der Waals surface area contributed by atoms with E-state index in [1.807, 2.05) is 24.3 Å². The molecule has 0 saturated heterocycles. The van der Waals surface area contributed by atoms with Crippen LogP contribution in [-0.2, 0) is 0 Å². The molecule has 0 aliphatic heterocycles. The third-order valence-corrected chi connectivity index (χ3v) is 2.60. The first-order valence-corrected chi connectivity index (χ1v) is 5.52. The first-order valence-electron chi connectivity index (χ1n) is 5.52. The zero-order valence-corrected chi connectivity index (χ0v) is 10.5. The first kappa shape index (κ1) is 12.3. The van der Waals surface area contributed by atoms with E-state index in [1.54, 1.807) is 21.1 Å². The van der Waals surface area contributed by atoms with Crippen molar-refractivity contribution in [1.82, 2.24) is 9.97 Å². The molecule has 1 aromatic heterocycles. The Bertz CT molecular complexity index is 555. The fraction of sp³-hybridized carbons (Fsp3) is 0.231. The van der Waals surface area contributed by atoms with Gasteiger partial charge in [0.25, 0.3) is 0 Å². The summed E-state index contributed by atoms with van der Waals surface area (Å²) in [5.74, 6) is 1.02. The van der Waals surface area contributed by atoms with Crippen molar-refractivity contribution >= 4 is 5.82 Å². The highest BCUT2D eigenvalue weighted by Crippen LogP contribution is 2.22. The SMILES string of the molecule is CNc1nc(-c2ccc(OC)cc2)nc(C)c1F. The van der Waals surface area contributed by atoms with Gasteiger partial charge in [0.15, 0.2) is 17.5 Å². The van der Waals surface area contributed by atoms with Crippen LogP contribution in [0.15, 0.2) is 24.3 Å². The smallest absolute Gasteiger partial charge is 0.186 e. The van der Waals surface area contributed by atoms with Gasteiger partial charge in [-0.3, -0.25) is 0 Å². The molecule has 18 heavy (non-hydrogen) atoms. The second-order valence-corrected chi connectivity index (χ2v) is 3.77. The maximum Gasteiger partial charge on any atom is 0.186 e.